The van der Waals surface area contributed by atoms with E-state index in [1.165, 1.54) is 18.2 Å². The minimum Gasteiger partial charge on any atom is -0.364 e. The highest BCUT2D eigenvalue weighted by Crippen LogP contribution is 2.36. The summed E-state index contributed by atoms with van der Waals surface area (Å²) in [5.74, 6) is -1.66. The maximum absolute atomic E-state index is 14.4. The molecule has 1 aliphatic carbocycles. The number of halogens is 2. The van der Waals surface area contributed by atoms with Crippen molar-refractivity contribution in [1.82, 2.24) is 25.1 Å². The molecule has 32 heavy (non-hydrogen) atoms. The lowest BCUT2D eigenvalue weighted by molar-refractivity contribution is 0.0993. The van der Waals surface area contributed by atoms with Crippen molar-refractivity contribution in [3.8, 4) is 22.8 Å². The predicted octanol–water partition coefficient (Wildman–Crippen LogP) is 3.12. The summed E-state index contributed by atoms with van der Waals surface area (Å²) < 4.78 is 30.5. The Morgan fingerprint density at radius 1 is 1.19 bits per heavy atom. The van der Waals surface area contributed by atoms with Gasteiger partial charge in [0, 0.05) is 18.3 Å². The number of rotatable bonds is 4. The van der Waals surface area contributed by atoms with Gasteiger partial charge < -0.3 is 11.1 Å². The molecule has 0 unspecified atom stereocenters. The summed E-state index contributed by atoms with van der Waals surface area (Å²) in [5.41, 5.74) is 8.45. The maximum atomic E-state index is 14.4. The standard InChI is InChI=1S/C22H22F2N6O.CH4/c23-15-2-1-3-16(24)17(15)22-27-10-13-4-5-14-19(21(25)31)29-30(20(14)18(13)28-22)11-12-6-8-26-9-7-12;/h1-3,10,12,26H,4-9,11H2,(H2,25,31);1H4. The van der Waals surface area contributed by atoms with Crippen LogP contribution < -0.4 is 11.1 Å². The first-order valence-corrected chi connectivity index (χ1v) is 10.4. The molecular weight excluding hydrogens is 414 g/mol. The van der Waals surface area contributed by atoms with Gasteiger partial charge in [0.25, 0.3) is 5.91 Å². The minimum atomic E-state index is -0.725. The van der Waals surface area contributed by atoms with Crippen LogP contribution in [-0.2, 0) is 19.4 Å². The third kappa shape index (κ3) is 3.77. The van der Waals surface area contributed by atoms with Gasteiger partial charge in [0.15, 0.2) is 11.5 Å². The lowest BCUT2D eigenvalue weighted by atomic mass is 9.92. The molecule has 0 spiro atoms. The largest absolute Gasteiger partial charge is 0.364 e. The van der Waals surface area contributed by atoms with Crippen LogP contribution in [0.25, 0.3) is 22.8 Å². The zero-order valence-electron chi connectivity index (χ0n) is 16.9. The normalized spacial score (nSPS) is 15.6. The number of hydrogen-bond donors (Lipinski definition) is 2. The summed E-state index contributed by atoms with van der Waals surface area (Å²) in [5, 5.41) is 7.88. The third-order valence-electron chi connectivity index (χ3n) is 6.09. The molecule has 0 atom stereocenters. The first-order chi connectivity index (χ1) is 15.0. The second-order valence-electron chi connectivity index (χ2n) is 8.08. The Morgan fingerprint density at radius 2 is 1.91 bits per heavy atom. The molecule has 3 N–H and O–H groups in total. The van der Waals surface area contributed by atoms with Crippen LogP contribution in [0.1, 0.15) is 41.9 Å². The molecule has 7 nitrogen and oxygen atoms in total. The quantitative estimate of drug-likeness (QED) is 0.650. The van der Waals surface area contributed by atoms with E-state index in [9.17, 15) is 13.6 Å². The molecule has 9 heteroatoms. The van der Waals surface area contributed by atoms with Gasteiger partial charge in [0.05, 0.1) is 17.0 Å². The summed E-state index contributed by atoms with van der Waals surface area (Å²) in [6.45, 7) is 2.50. The van der Waals surface area contributed by atoms with Gasteiger partial charge in [-0.2, -0.15) is 5.10 Å². The van der Waals surface area contributed by atoms with E-state index in [-0.39, 0.29) is 24.5 Å². The highest BCUT2D eigenvalue weighted by molar-refractivity contribution is 5.94. The van der Waals surface area contributed by atoms with E-state index >= 15 is 0 Å². The molecule has 1 aliphatic heterocycles. The molecule has 2 aromatic heterocycles. The van der Waals surface area contributed by atoms with E-state index in [1.54, 1.807) is 10.9 Å². The van der Waals surface area contributed by atoms with Crippen molar-refractivity contribution in [2.45, 2.75) is 39.7 Å². The smallest absolute Gasteiger partial charge is 0.269 e. The van der Waals surface area contributed by atoms with Gasteiger partial charge in [0.2, 0.25) is 0 Å². The third-order valence-corrected chi connectivity index (χ3v) is 6.09. The predicted molar refractivity (Wildman–Crippen MR) is 117 cm³/mol. The molecule has 3 heterocycles. The molecule has 0 radical (unpaired) electrons. The highest BCUT2D eigenvalue weighted by atomic mass is 19.1. The van der Waals surface area contributed by atoms with Crippen LogP contribution in [0.15, 0.2) is 24.4 Å². The van der Waals surface area contributed by atoms with E-state index in [1.807, 2.05) is 0 Å². The van der Waals surface area contributed by atoms with Gasteiger partial charge in [-0.05, 0) is 62.4 Å². The number of nitrogens with zero attached hydrogens (tertiary/aromatic N) is 4. The number of aryl methyl sites for hydroxylation is 1. The van der Waals surface area contributed by atoms with Crippen molar-refractivity contribution in [1.29, 1.82) is 0 Å². The van der Waals surface area contributed by atoms with Crippen LogP contribution in [0, 0.1) is 17.6 Å². The number of nitrogens with two attached hydrogens (primary N) is 1. The number of benzene rings is 1. The number of nitrogens with one attached hydrogen (secondary N) is 1. The van der Waals surface area contributed by atoms with E-state index in [0.717, 1.165) is 37.1 Å². The molecule has 0 bridgehead atoms. The van der Waals surface area contributed by atoms with Crippen molar-refractivity contribution in [2.24, 2.45) is 11.7 Å². The lowest BCUT2D eigenvalue weighted by Gasteiger charge is -2.24. The van der Waals surface area contributed by atoms with Gasteiger partial charge in [0.1, 0.15) is 11.6 Å². The monoisotopic (exact) mass is 440 g/mol. The number of primary amides is 1. The van der Waals surface area contributed by atoms with Gasteiger partial charge in [-0.3, -0.25) is 9.48 Å². The number of carbonyl (C=O) groups is 1. The zero-order chi connectivity index (χ0) is 21.5. The second kappa shape index (κ2) is 8.74. The van der Waals surface area contributed by atoms with E-state index in [4.69, 9.17) is 5.73 Å². The van der Waals surface area contributed by atoms with Gasteiger partial charge in [-0.15, -0.1) is 0 Å². The number of carbonyl (C=O) groups excluding carboxylic acids is 1. The topological polar surface area (TPSA) is 98.7 Å². The van der Waals surface area contributed by atoms with E-state index in [0.29, 0.717) is 36.7 Å². The molecular formula is C23H26F2N6O. The molecule has 0 saturated carbocycles. The Labute approximate surface area is 185 Å². The van der Waals surface area contributed by atoms with Crippen LogP contribution in [0.2, 0.25) is 0 Å². The van der Waals surface area contributed by atoms with E-state index in [2.05, 4.69) is 20.4 Å². The number of aromatic nitrogens is 4. The molecule has 1 aromatic carbocycles. The fourth-order valence-corrected chi connectivity index (χ4v) is 4.53. The van der Waals surface area contributed by atoms with Crippen molar-refractivity contribution in [3.63, 3.8) is 0 Å². The molecule has 3 aromatic rings. The Kier molecular flexibility index (Phi) is 6.01. The zero-order valence-corrected chi connectivity index (χ0v) is 16.9. The molecule has 2 aliphatic rings. The first kappa shape index (κ1) is 22.0. The fraction of sp³-hybridized carbons (Fsp3) is 0.391. The van der Waals surface area contributed by atoms with Crippen molar-refractivity contribution < 1.29 is 13.6 Å². The average Bonchev–Trinajstić information content (AvgIpc) is 3.13. The lowest BCUT2D eigenvalue weighted by Crippen LogP contribution is -2.30. The van der Waals surface area contributed by atoms with E-state index < -0.39 is 17.5 Å². The second-order valence-corrected chi connectivity index (χ2v) is 8.08. The highest BCUT2D eigenvalue weighted by Gasteiger charge is 2.30. The fourth-order valence-electron chi connectivity index (χ4n) is 4.53. The Bertz CT molecular complexity index is 1150. The van der Waals surface area contributed by atoms with Crippen LogP contribution in [0.5, 0.6) is 0 Å². The SMILES string of the molecule is C.NC(=O)c1nn(CC2CCNCC2)c2c1CCc1cnc(-c3c(F)cccc3F)nc1-2. The van der Waals surface area contributed by atoms with Gasteiger partial charge in [-0.25, -0.2) is 18.7 Å². The van der Waals surface area contributed by atoms with Crippen LogP contribution >= 0.6 is 0 Å². The van der Waals surface area contributed by atoms with Crippen LogP contribution in [0.3, 0.4) is 0 Å². The van der Waals surface area contributed by atoms with Crippen LogP contribution in [-0.4, -0.2) is 38.7 Å². The number of fused-ring (bicyclic) bond motifs is 3. The van der Waals surface area contributed by atoms with Crippen LogP contribution in [0.4, 0.5) is 8.78 Å². The Hall–Kier alpha value is -3.20. The molecule has 5 rings (SSSR count). The summed E-state index contributed by atoms with van der Waals surface area (Å²) in [4.78, 5) is 20.9. The number of piperidine rings is 1. The molecule has 1 saturated heterocycles. The number of hydrogen-bond acceptors (Lipinski definition) is 5. The van der Waals surface area contributed by atoms with Gasteiger partial charge in [-0.1, -0.05) is 13.5 Å². The molecule has 1 fully saturated rings. The summed E-state index contributed by atoms with van der Waals surface area (Å²) in [6.07, 6.45) is 4.80. The Morgan fingerprint density at radius 3 is 2.59 bits per heavy atom. The first-order valence-electron chi connectivity index (χ1n) is 10.4. The summed E-state index contributed by atoms with van der Waals surface area (Å²) in [7, 11) is 0. The summed E-state index contributed by atoms with van der Waals surface area (Å²) >= 11 is 0. The maximum Gasteiger partial charge on any atom is 0.269 e. The van der Waals surface area contributed by atoms with Gasteiger partial charge >= 0.3 is 0 Å². The average molecular weight is 440 g/mol. The van der Waals surface area contributed by atoms with Crippen molar-refractivity contribution >= 4 is 5.91 Å². The van der Waals surface area contributed by atoms with Crippen molar-refractivity contribution in [3.05, 3.63) is 52.9 Å². The Balaban J connectivity index is 0.00000245. The van der Waals surface area contributed by atoms with Crippen molar-refractivity contribution in [2.75, 3.05) is 13.1 Å². The molecule has 168 valence electrons. The minimum absolute atomic E-state index is 0. The molecule has 1 amide bonds. The summed E-state index contributed by atoms with van der Waals surface area (Å²) in [6, 6.07) is 3.66. The number of amides is 1.